The van der Waals surface area contributed by atoms with E-state index in [0.717, 1.165) is 22.2 Å². The average Bonchev–Trinajstić information content (AvgIpc) is 2.72. The highest BCUT2D eigenvalue weighted by Gasteiger charge is 2.08. The van der Waals surface area contributed by atoms with E-state index in [4.69, 9.17) is 4.74 Å². The summed E-state index contributed by atoms with van der Waals surface area (Å²) in [6.45, 7) is 3.88. The van der Waals surface area contributed by atoms with Crippen LogP contribution in [0.1, 0.15) is 30.7 Å². The summed E-state index contributed by atoms with van der Waals surface area (Å²) < 4.78 is 5.21. The molecule has 1 aromatic heterocycles. The van der Waals surface area contributed by atoms with Crippen LogP contribution < -0.4 is 0 Å². The molecule has 1 heterocycles. The molecular weight excluding hydrogens is 226 g/mol. The smallest absolute Gasteiger partial charge is 0.122 e. The molecule has 1 unspecified atom stereocenters. The summed E-state index contributed by atoms with van der Waals surface area (Å²) in [7, 11) is 1.71. The SMILES string of the molecule is CC#CCSCc1csc(C(C)OC)n1. The Labute approximate surface area is 99.4 Å². The minimum absolute atomic E-state index is 0.101. The Hall–Kier alpha value is -0.500. The van der Waals surface area contributed by atoms with Gasteiger partial charge in [0.1, 0.15) is 11.1 Å². The van der Waals surface area contributed by atoms with Crippen LogP contribution in [0.4, 0.5) is 0 Å². The third-order valence-electron chi connectivity index (χ3n) is 1.87. The van der Waals surface area contributed by atoms with Crippen molar-refractivity contribution in [2.45, 2.75) is 25.7 Å². The summed E-state index contributed by atoms with van der Waals surface area (Å²) in [4.78, 5) is 4.50. The first kappa shape index (κ1) is 12.6. The minimum Gasteiger partial charge on any atom is -0.375 e. The van der Waals surface area contributed by atoms with Crippen LogP contribution in [0.25, 0.3) is 0 Å². The monoisotopic (exact) mass is 241 g/mol. The van der Waals surface area contributed by atoms with Gasteiger partial charge in [0.05, 0.1) is 11.4 Å². The lowest BCUT2D eigenvalue weighted by molar-refractivity contribution is 0.119. The molecule has 0 radical (unpaired) electrons. The molecule has 0 saturated carbocycles. The third-order valence-corrected chi connectivity index (χ3v) is 3.77. The lowest BCUT2D eigenvalue weighted by Gasteiger charge is -2.03. The molecular formula is C11H15NOS2. The fourth-order valence-corrected chi connectivity index (χ4v) is 2.62. The Kier molecular flexibility index (Phi) is 5.77. The van der Waals surface area contributed by atoms with Crippen LogP contribution in [0.15, 0.2) is 5.38 Å². The van der Waals surface area contributed by atoms with Crippen LogP contribution in [0.5, 0.6) is 0 Å². The molecule has 1 atom stereocenters. The van der Waals surface area contributed by atoms with Gasteiger partial charge in [0.15, 0.2) is 0 Å². The molecule has 82 valence electrons. The largest absolute Gasteiger partial charge is 0.375 e. The van der Waals surface area contributed by atoms with Gasteiger partial charge in [-0.15, -0.1) is 29.0 Å². The fourth-order valence-electron chi connectivity index (χ4n) is 0.955. The van der Waals surface area contributed by atoms with E-state index in [1.54, 1.807) is 30.2 Å². The summed E-state index contributed by atoms with van der Waals surface area (Å²) >= 11 is 3.45. The zero-order valence-electron chi connectivity index (χ0n) is 9.24. The van der Waals surface area contributed by atoms with E-state index in [1.165, 1.54) is 0 Å². The van der Waals surface area contributed by atoms with Crippen LogP contribution >= 0.6 is 23.1 Å². The maximum atomic E-state index is 5.21. The summed E-state index contributed by atoms with van der Waals surface area (Å²) in [6, 6.07) is 0. The van der Waals surface area contributed by atoms with Gasteiger partial charge in [-0.25, -0.2) is 4.98 Å². The van der Waals surface area contributed by atoms with Gasteiger partial charge in [-0.05, 0) is 13.8 Å². The number of thioether (sulfide) groups is 1. The Morgan fingerprint density at radius 2 is 2.47 bits per heavy atom. The standard InChI is InChI=1S/C11H15NOS2/c1-4-5-6-14-7-10-8-15-11(12-10)9(2)13-3/h8-9H,6-7H2,1-3H3. The van der Waals surface area contributed by atoms with Gasteiger partial charge < -0.3 is 4.74 Å². The molecule has 0 amide bonds. The Morgan fingerprint density at radius 3 is 3.13 bits per heavy atom. The first-order valence-electron chi connectivity index (χ1n) is 4.72. The van der Waals surface area contributed by atoms with Gasteiger partial charge >= 0.3 is 0 Å². The van der Waals surface area contributed by atoms with E-state index >= 15 is 0 Å². The second-order valence-corrected chi connectivity index (χ2v) is 4.85. The number of hydrogen-bond donors (Lipinski definition) is 0. The van der Waals surface area contributed by atoms with Crippen molar-refractivity contribution < 1.29 is 4.74 Å². The molecule has 0 saturated heterocycles. The van der Waals surface area contributed by atoms with Crippen molar-refractivity contribution >= 4 is 23.1 Å². The van der Waals surface area contributed by atoms with E-state index in [1.807, 2.05) is 13.8 Å². The Morgan fingerprint density at radius 1 is 1.67 bits per heavy atom. The number of rotatable bonds is 5. The van der Waals surface area contributed by atoms with Gasteiger partial charge in [0, 0.05) is 18.2 Å². The first-order chi connectivity index (χ1) is 7.27. The topological polar surface area (TPSA) is 22.1 Å². The normalized spacial score (nSPS) is 11.9. The molecule has 0 bridgehead atoms. The number of ether oxygens (including phenoxy) is 1. The lowest BCUT2D eigenvalue weighted by Crippen LogP contribution is -1.95. The minimum atomic E-state index is 0.101. The molecule has 0 aliphatic rings. The molecule has 0 aliphatic carbocycles. The van der Waals surface area contributed by atoms with E-state index < -0.39 is 0 Å². The predicted octanol–water partition coefficient (Wildman–Crippen LogP) is 3.11. The highest BCUT2D eigenvalue weighted by molar-refractivity contribution is 7.98. The van der Waals surface area contributed by atoms with Crippen molar-refractivity contribution in [2.24, 2.45) is 0 Å². The van der Waals surface area contributed by atoms with E-state index in [2.05, 4.69) is 22.2 Å². The summed E-state index contributed by atoms with van der Waals surface area (Å²) in [5.41, 5.74) is 1.13. The highest BCUT2D eigenvalue weighted by Crippen LogP contribution is 2.22. The molecule has 0 aromatic carbocycles. The van der Waals surface area contributed by atoms with Crippen LogP contribution in [-0.2, 0) is 10.5 Å². The molecule has 1 rings (SSSR count). The van der Waals surface area contributed by atoms with E-state index in [-0.39, 0.29) is 6.10 Å². The molecule has 0 fully saturated rings. The summed E-state index contributed by atoms with van der Waals surface area (Å²) in [5, 5.41) is 3.15. The van der Waals surface area contributed by atoms with E-state index in [0.29, 0.717) is 0 Å². The number of hydrogen-bond acceptors (Lipinski definition) is 4. The maximum Gasteiger partial charge on any atom is 0.122 e. The van der Waals surface area contributed by atoms with Crippen LogP contribution in [0.3, 0.4) is 0 Å². The molecule has 0 spiro atoms. The zero-order valence-corrected chi connectivity index (χ0v) is 10.9. The van der Waals surface area contributed by atoms with Gasteiger partial charge in [0.2, 0.25) is 0 Å². The molecule has 4 heteroatoms. The Bertz CT molecular complexity index is 351. The number of aromatic nitrogens is 1. The number of methoxy groups -OCH3 is 1. The quantitative estimate of drug-likeness (QED) is 0.584. The predicted molar refractivity (Wildman–Crippen MR) is 67.2 cm³/mol. The molecule has 2 nitrogen and oxygen atoms in total. The lowest BCUT2D eigenvalue weighted by atomic mass is 10.4. The van der Waals surface area contributed by atoms with Crippen molar-refractivity contribution in [3.63, 3.8) is 0 Å². The maximum absolute atomic E-state index is 5.21. The summed E-state index contributed by atoms with van der Waals surface area (Å²) in [6.07, 6.45) is 0.101. The Balaban J connectivity index is 2.41. The van der Waals surface area contributed by atoms with Crippen molar-refractivity contribution in [2.75, 3.05) is 12.9 Å². The van der Waals surface area contributed by atoms with Crippen molar-refractivity contribution in [3.05, 3.63) is 16.1 Å². The van der Waals surface area contributed by atoms with Gasteiger partial charge in [0.25, 0.3) is 0 Å². The van der Waals surface area contributed by atoms with Gasteiger partial charge in [-0.3, -0.25) is 0 Å². The number of thiazole rings is 1. The van der Waals surface area contributed by atoms with Crippen LogP contribution in [-0.4, -0.2) is 17.8 Å². The highest BCUT2D eigenvalue weighted by atomic mass is 32.2. The van der Waals surface area contributed by atoms with Crippen molar-refractivity contribution in [1.82, 2.24) is 4.98 Å². The third kappa shape index (κ3) is 4.25. The van der Waals surface area contributed by atoms with Crippen molar-refractivity contribution in [3.8, 4) is 11.8 Å². The fraction of sp³-hybridized carbons (Fsp3) is 0.545. The van der Waals surface area contributed by atoms with Crippen molar-refractivity contribution in [1.29, 1.82) is 0 Å². The average molecular weight is 241 g/mol. The van der Waals surface area contributed by atoms with Gasteiger partial charge in [-0.2, -0.15) is 0 Å². The number of nitrogens with zero attached hydrogens (tertiary/aromatic N) is 1. The van der Waals surface area contributed by atoms with E-state index in [9.17, 15) is 0 Å². The molecule has 0 N–H and O–H groups in total. The zero-order chi connectivity index (χ0) is 11.1. The second-order valence-electron chi connectivity index (χ2n) is 2.97. The molecule has 15 heavy (non-hydrogen) atoms. The molecule has 0 aliphatic heterocycles. The second kappa shape index (κ2) is 6.89. The summed E-state index contributed by atoms with van der Waals surface area (Å²) in [5.74, 6) is 7.71. The van der Waals surface area contributed by atoms with Crippen LogP contribution in [0.2, 0.25) is 0 Å². The first-order valence-corrected chi connectivity index (χ1v) is 6.75. The van der Waals surface area contributed by atoms with Gasteiger partial charge in [-0.1, -0.05) is 5.92 Å². The molecule has 1 aromatic rings. The van der Waals surface area contributed by atoms with Crippen LogP contribution in [0, 0.1) is 11.8 Å².